The van der Waals surface area contributed by atoms with Crippen molar-refractivity contribution in [1.29, 1.82) is 0 Å². The Morgan fingerprint density at radius 3 is 3.06 bits per heavy atom. The minimum Gasteiger partial charge on any atom is -0.399 e. The van der Waals surface area contributed by atoms with Crippen LogP contribution in [0.2, 0.25) is 0 Å². The molecule has 4 heteroatoms. The van der Waals surface area contributed by atoms with Crippen molar-refractivity contribution in [2.45, 2.75) is 25.3 Å². The highest BCUT2D eigenvalue weighted by Crippen LogP contribution is 2.21. The number of nitrogens with two attached hydrogens (primary N) is 1. The third-order valence-corrected chi connectivity index (χ3v) is 4.24. The second kappa shape index (κ2) is 5.45. The Bertz CT molecular complexity index is 402. The summed E-state index contributed by atoms with van der Waals surface area (Å²) >= 11 is 1.90. The van der Waals surface area contributed by atoms with Gasteiger partial charge in [0.2, 0.25) is 5.91 Å². The van der Waals surface area contributed by atoms with E-state index in [1.54, 1.807) is 0 Å². The number of carbonyl (C=O) groups excluding carboxylic acids is 1. The quantitative estimate of drug-likeness (QED) is 0.807. The van der Waals surface area contributed by atoms with Gasteiger partial charge in [0.05, 0.1) is 5.92 Å². The van der Waals surface area contributed by atoms with Crippen LogP contribution in [0, 0.1) is 0 Å². The molecule has 1 saturated heterocycles. The van der Waals surface area contributed by atoms with Crippen molar-refractivity contribution in [3.05, 3.63) is 29.8 Å². The van der Waals surface area contributed by atoms with Crippen LogP contribution in [0.4, 0.5) is 5.69 Å². The number of hydrogen-bond donors (Lipinski definition) is 2. The highest BCUT2D eigenvalue weighted by molar-refractivity contribution is 7.99. The van der Waals surface area contributed by atoms with E-state index in [2.05, 4.69) is 5.32 Å². The topological polar surface area (TPSA) is 55.1 Å². The van der Waals surface area contributed by atoms with Crippen molar-refractivity contribution in [2.24, 2.45) is 0 Å². The Morgan fingerprint density at radius 2 is 2.41 bits per heavy atom. The van der Waals surface area contributed by atoms with Crippen LogP contribution in [-0.4, -0.2) is 23.5 Å². The molecule has 2 atom stereocenters. The molecule has 0 bridgehead atoms. The molecule has 1 amide bonds. The van der Waals surface area contributed by atoms with Crippen LogP contribution in [-0.2, 0) is 4.79 Å². The van der Waals surface area contributed by atoms with Gasteiger partial charge in [0.25, 0.3) is 0 Å². The van der Waals surface area contributed by atoms with E-state index < -0.39 is 0 Å². The predicted molar refractivity (Wildman–Crippen MR) is 73.1 cm³/mol. The molecule has 3 N–H and O–H groups in total. The second-order valence-electron chi connectivity index (χ2n) is 4.46. The summed E-state index contributed by atoms with van der Waals surface area (Å²) in [5, 5.41) is 3.10. The zero-order valence-electron chi connectivity index (χ0n) is 9.98. The summed E-state index contributed by atoms with van der Waals surface area (Å²) in [4.78, 5) is 12.0. The third-order valence-electron chi connectivity index (χ3n) is 3.08. The maximum atomic E-state index is 12.0. The largest absolute Gasteiger partial charge is 0.399 e. The molecule has 1 heterocycles. The fourth-order valence-electron chi connectivity index (χ4n) is 1.95. The van der Waals surface area contributed by atoms with Crippen molar-refractivity contribution in [2.75, 3.05) is 17.2 Å². The SMILES string of the molecule is CC(C(=O)NC1CCSC1)c1cccc(N)c1. The predicted octanol–water partition coefficient (Wildman–Crippen LogP) is 1.99. The molecule has 0 radical (unpaired) electrons. The monoisotopic (exact) mass is 250 g/mol. The van der Waals surface area contributed by atoms with E-state index in [0.717, 1.165) is 23.5 Å². The van der Waals surface area contributed by atoms with E-state index in [4.69, 9.17) is 5.73 Å². The number of carbonyl (C=O) groups is 1. The van der Waals surface area contributed by atoms with E-state index >= 15 is 0 Å². The number of amides is 1. The standard InChI is InChI=1S/C13H18N2OS/c1-9(10-3-2-4-11(14)7-10)13(16)15-12-5-6-17-8-12/h2-4,7,9,12H,5-6,8,14H2,1H3,(H,15,16). The minimum absolute atomic E-state index is 0.100. The molecule has 17 heavy (non-hydrogen) atoms. The first-order valence-corrected chi connectivity index (χ1v) is 7.06. The lowest BCUT2D eigenvalue weighted by Gasteiger charge is -2.16. The Kier molecular flexibility index (Phi) is 3.94. The van der Waals surface area contributed by atoms with Crippen molar-refractivity contribution in [3.63, 3.8) is 0 Å². The first kappa shape index (κ1) is 12.3. The molecule has 0 spiro atoms. The summed E-state index contributed by atoms with van der Waals surface area (Å²) in [6.45, 7) is 1.92. The molecule has 0 aliphatic carbocycles. The van der Waals surface area contributed by atoms with Crippen LogP contribution in [0.5, 0.6) is 0 Å². The van der Waals surface area contributed by atoms with Crippen LogP contribution in [0.15, 0.2) is 24.3 Å². The molecule has 1 aromatic rings. The molecule has 92 valence electrons. The molecule has 1 aromatic carbocycles. The zero-order chi connectivity index (χ0) is 12.3. The van der Waals surface area contributed by atoms with Gasteiger partial charge in [-0.15, -0.1) is 0 Å². The van der Waals surface area contributed by atoms with E-state index in [1.165, 1.54) is 0 Å². The Morgan fingerprint density at radius 1 is 1.59 bits per heavy atom. The molecule has 2 unspecified atom stereocenters. The van der Waals surface area contributed by atoms with Gasteiger partial charge in [-0.3, -0.25) is 4.79 Å². The fourth-order valence-corrected chi connectivity index (χ4v) is 3.11. The van der Waals surface area contributed by atoms with Crippen LogP contribution in [0.25, 0.3) is 0 Å². The van der Waals surface area contributed by atoms with Crippen LogP contribution in [0.1, 0.15) is 24.8 Å². The highest BCUT2D eigenvalue weighted by Gasteiger charge is 2.21. The van der Waals surface area contributed by atoms with Gasteiger partial charge in [0.1, 0.15) is 0 Å². The van der Waals surface area contributed by atoms with Gasteiger partial charge in [-0.1, -0.05) is 12.1 Å². The van der Waals surface area contributed by atoms with Gasteiger partial charge in [-0.05, 0) is 36.8 Å². The lowest BCUT2D eigenvalue weighted by molar-refractivity contribution is -0.122. The molecular formula is C13H18N2OS. The van der Waals surface area contributed by atoms with Crippen molar-refractivity contribution >= 4 is 23.4 Å². The summed E-state index contributed by atoms with van der Waals surface area (Å²) in [6, 6.07) is 7.88. The van der Waals surface area contributed by atoms with Crippen molar-refractivity contribution < 1.29 is 4.79 Å². The number of thioether (sulfide) groups is 1. The molecule has 0 aromatic heterocycles. The third kappa shape index (κ3) is 3.16. The molecular weight excluding hydrogens is 232 g/mol. The molecule has 1 aliphatic heterocycles. The van der Waals surface area contributed by atoms with Crippen molar-refractivity contribution in [1.82, 2.24) is 5.32 Å². The normalized spacial score (nSPS) is 21.1. The van der Waals surface area contributed by atoms with Gasteiger partial charge >= 0.3 is 0 Å². The number of anilines is 1. The van der Waals surface area contributed by atoms with E-state index in [0.29, 0.717) is 11.7 Å². The van der Waals surface area contributed by atoms with Crippen LogP contribution < -0.4 is 11.1 Å². The van der Waals surface area contributed by atoms with Crippen LogP contribution in [0.3, 0.4) is 0 Å². The van der Waals surface area contributed by atoms with Gasteiger partial charge in [0.15, 0.2) is 0 Å². The smallest absolute Gasteiger partial charge is 0.227 e. The molecule has 3 nitrogen and oxygen atoms in total. The average molecular weight is 250 g/mol. The number of rotatable bonds is 3. The van der Waals surface area contributed by atoms with Crippen molar-refractivity contribution in [3.8, 4) is 0 Å². The summed E-state index contributed by atoms with van der Waals surface area (Å²) in [7, 11) is 0. The van der Waals surface area contributed by atoms with Gasteiger partial charge in [0, 0.05) is 17.5 Å². The minimum atomic E-state index is -0.135. The summed E-state index contributed by atoms with van der Waals surface area (Å²) < 4.78 is 0. The Labute approximate surface area is 106 Å². The van der Waals surface area contributed by atoms with E-state index in [1.807, 2.05) is 43.0 Å². The zero-order valence-corrected chi connectivity index (χ0v) is 10.8. The summed E-state index contributed by atoms with van der Waals surface area (Å²) in [5.41, 5.74) is 7.41. The second-order valence-corrected chi connectivity index (χ2v) is 5.61. The number of nitrogens with one attached hydrogen (secondary N) is 1. The van der Waals surface area contributed by atoms with E-state index in [-0.39, 0.29) is 11.8 Å². The molecule has 0 saturated carbocycles. The van der Waals surface area contributed by atoms with Gasteiger partial charge in [-0.25, -0.2) is 0 Å². The van der Waals surface area contributed by atoms with Gasteiger partial charge < -0.3 is 11.1 Å². The number of nitrogen functional groups attached to an aromatic ring is 1. The van der Waals surface area contributed by atoms with Crippen LogP contribution >= 0.6 is 11.8 Å². The molecule has 1 fully saturated rings. The maximum absolute atomic E-state index is 12.0. The fraction of sp³-hybridized carbons (Fsp3) is 0.462. The maximum Gasteiger partial charge on any atom is 0.227 e. The first-order chi connectivity index (χ1) is 8.16. The van der Waals surface area contributed by atoms with Gasteiger partial charge in [-0.2, -0.15) is 11.8 Å². The first-order valence-electron chi connectivity index (χ1n) is 5.90. The highest BCUT2D eigenvalue weighted by atomic mass is 32.2. The van der Waals surface area contributed by atoms with E-state index in [9.17, 15) is 4.79 Å². The Hall–Kier alpha value is -1.16. The Balaban J connectivity index is 1.98. The molecule has 2 rings (SSSR count). The summed E-state index contributed by atoms with van der Waals surface area (Å²) in [6.07, 6.45) is 1.08. The lowest BCUT2D eigenvalue weighted by atomic mass is 9.99. The number of benzene rings is 1. The summed E-state index contributed by atoms with van der Waals surface area (Å²) in [5.74, 6) is 2.15. The molecule has 1 aliphatic rings. The average Bonchev–Trinajstić information content (AvgIpc) is 2.80. The number of hydrogen-bond acceptors (Lipinski definition) is 3. The lowest BCUT2D eigenvalue weighted by Crippen LogP contribution is -2.37.